The van der Waals surface area contributed by atoms with Gasteiger partial charge in [0.1, 0.15) is 5.75 Å². The number of amides is 1. The molecule has 1 amide bonds. The maximum atomic E-state index is 13.3. The average Bonchev–Trinajstić information content (AvgIpc) is 3.46. The van der Waals surface area contributed by atoms with Crippen LogP contribution in [0, 0.1) is 0 Å². The molecule has 1 atom stereocenters. The number of Topliss-reactive ketones (excluding diaryl/α,β-unsaturated/α-hetero) is 1. The number of carbonyl (C=O) groups excluding carboxylic acids is 2. The average molecular weight is 449 g/mol. The SMILES string of the molecule is CCOc1cc(C2C(C(=O)c3ccco3)=C(O)C(=O)N2c2ccccc2OC)ccc1OC. The number of methoxy groups -OCH3 is 2. The smallest absolute Gasteiger partial charge is 0.294 e. The number of ether oxygens (including phenoxy) is 3. The summed E-state index contributed by atoms with van der Waals surface area (Å²) in [5.74, 6) is -0.609. The van der Waals surface area contributed by atoms with Gasteiger partial charge in [-0.15, -0.1) is 0 Å². The molecule has 2 aromatic carbocycles. The molecule has 8 heteroatoms. The lowest BCUT2D eigenvalue weighted by molar-refractivity contribution is -0.117. The third kappa shape index (κ3) is 3.80. The zero-order chi connectivity index (χ0) is 23.5. The van der Waals surface area contributed by atoms with Crippen molar-refractivity contribution in [3.05, 3.63) is 83.5 Å². The molecule has 170 valence electrons. The molecule has 1 unspecified atom stereocenters. The van der Waals surface area contributed by atoms with Crippen LogP contribution < -0.4 is 19.1 Å². The van der Waals surface area contributed by atoms with E-state index in [2.05, 4.69) is 0 Å². The third-order valence-corrected chi connectivity index (χ3v) is 5.35. The highest BCUT2D eigenvalue weighted by molar-refractivity contribution is 6.20. The summed E-state index contributed by atoms with van der Waals surface area (Å²) in [4.78, 5) is 28.0. The highest BCUT2D eigenvalue weighted by atomic mass is 16.5. The van der Waals surface area contributed by atoms with Crippen LogP contribution in [0.3, 0.4) is 0 Å². The fourth-order valence-electron chi connectivity index (χ4n) is 3.90. The Bertz CT molecular complexity index is 1210. The first-order valence-corrected chi connectivity index (χ1v) is 10.3. The van der Waals surface area contributed by atoms with Crippen molar-refractivity contribution in [1.29, 1.82) is 0 Å². The van der Waals surface area contributed by atoms with Gasteiger partial charge in [-0.25, -0.2) is 0 Å². The molecular formula is C25H23NO7. The monoisotopic (exact) mass is 449 g/mol. The molecule has 0 saturated heterocycles. The van der Waals surface area contributed by atoms with E-state index in [9.17, 15) is 14.7 Å². The number of hydrogen-bond donors (Lipinski definition) is 1. The number of aliphatic hydroxyl groups is 1. The standard InChI is InChI=1S/C25H23NO7/c1-4-32-20-14-15(11-12-18(20)31-3)22-21(23(27)19-10-7-13-33-19)24(28)25(29)26(22)16-8-5-6-9-17(16)30-2/h5-14,22,28H,4H2,1-3H3. The Hall–Kier alpha value is -4.20. The second kappa shape index (κ2) is 9.12. The predicted octanol–water partition coefficient (Wildman–Crippen LogP) is 4.48. The number of ketones is 1. The Balaban J connectivity index is 1.93. The van der Waals surface area contributed by atoms with Crippen molar-refractivity contribution in [3.8, 4) is 17.2 Å². The molecular weight excluding hydrogens is 426 g/mol. The van der Waals surface area contributed by atoms with Gasteiger partial charge in [0.15, 0.2) is 23.0 Å². The lowest BCUT2D eigenvalue weighted by Gasteiger charge is -2.28. The van der Waals surface area contributed by atoms with Gasteiger partial charge in [-0.3, -0.25) is 14.5 Å². The lowest BCUT2D eigenvalue weighted by atomic mass is 9.94. The molecule has 0 bridgehead atoms. The Morgan fingerprint density at radius 1 is 1.03 bits per heavy atom. The minimum atomic E-state index is -0.962. The molecule has 1 aromatic heterocycles. The van der Waals surface area contributed by atoms with Crippen LogP contribution in [0.15, 0.2) is 76.6 Å². The van der Waals surface area contributed by atoms with E-state index in [0.29, 0.717) is 35.1 Å². The first-order chi connectivity index (χ1) is 16.0. The molecule has 8 nitrogen and oxygen atoms in total. The van der Waals surface area contributed by atoms with E-state index in [1.807, 2.05) is 6.92 Å². The topological polar surface area (TPSA) is 98.4 Å². The number of carbonyl (C=O) groups is 2. The summed E-state index contributed by atoms with van der Waals surface area (Å²) in [7, 11) is 3.01. The van der Waals surface area contributed by atoms with Crippen molar-refractivity contribution in [3.63, 3.8) is 0 Å². The van der Waals surface area contributed by atoms with Crippen molar-refractivity contribution in [1.82, 2.24) is 0 Å². The summed E-state index contributed by atoms with van der Waals surface area (Å²) in [6.07, 6.45) is 1.36. The van der Waals surface area contributed by atoms with Gasteiger partial charge in [-0.05, 0) is 48.9 Å². The molecule has 1 aliphatic rings. The Morgan fingerprint density at radius 3 is 2.45 bits per heavy atom. The number of aliphatic hydroxyl groups excluding tert-OH is 1. The number of rotatable bonds is 8. The van der Waals surface area contributed by atoms with E-state index in [1.54, 1.807) is 48.5 Å². The lowest BCUT2D eigenvalue weighted by Crippen LogP contribution is -2.31. The third-order valence-electron chi connectivity index (χ3n) is 5.35. The van der Waals surface area contributed by atoms with Crippen molar-refractivity contribution in [2.45, 2.75) is 13.0 Å². The summed E-state index contributed by atoms with van der Waals surface area (Å²) in [6.45, 7) is 2.23. The van der Waals surface area contributed by atoms with E-state index >= 15 is 0 Å². The van der Waals surface area contributed by atoms with Gasteiger partial charge in [-0.2, -0.15) is 0 Å². The molecule has 0 fully saturated rings. The molecule has 0 aliphatic carbocycles. The van der Waals surface area contributed by atoms with E-state index in [4.69, 9.17) is 18.6 Å². The minimum Gasteiger partial charge on any atom is -0.503 e. The number of furan rings is 1. The molecule has 2 heterocycles. The van der Waals surface area contributed by atoms with Crippen molar-refractivity contribution >= 4 is 17.4 Å². The summed E-state index contributed by atoms with van der Waals surface area (Å²) >= 11 is 0. The highest BCUT2D eigenvalue weighted by Crippen LogP contribution is 2.46. The maximum Gasteiger partial charge on any atom is 0.294 e. The second-order valence-corrected chi connectivity index (χ2v) is 7.16. The number of para-hydroxylation sites is 2. The van der Waals surface area contributed by atoms with Gasteiger partial charge in [0.25, 0.3) is 5.91 Å². The summed E-state index contributed by atoms with van der Waals surface area (Å²) in [5.41, 5.74) is 0.837. The van der Waals surface area contributed by atoms with Crippen LogP contribution in [-0.4, -0.2) is 37.6 Å². The fourth-order valence-corrected chi connectivity index (χ4v) is 3.90. The molecule has 0 spiro atoms. The van der Waals surface area contributed by atoms with Crippen molar-refractivity contribution in [2.75, 3.05) is 25.7 Å². The number of anilines is 1. The van der Waals surface area contributed by atoms with Crippen LogP contribution in [0.25, 0.3) is 0 Å². The normalized spacial score (nSPS) is 15.7. The van der Waals surface area contributed by atoms with Crippen LogP contribution in [0.1, 0.15) is 29.1 Å². The maximum absolute atomic E-state index is 13.3. The quantitative estimate of drug-likeness (QED) is 0.506. The van der Waals surface area contributed by atoms with Crippen molar-refractivity contribution < 1.29 is 33.3 Å². The summed E-state index contributed by atoms with van der Waals surface area (Å²) in [6, 6.07) is 14.1. The molecule has 0 radical (unpaired) electrons. The zero-order valence-corrected chi connectivity index (χ0v) is 18.4. The van der Waals surface area contributed by atoms with Gasteiger partial charge in [0.05, 0.1) is 44.4 Å². The van der Waals surface area contributed by atoms with Crippen molar-refractivity contribution in [2.24, 2.45) is 0 Å². The fraction of sp³-hybridized carbons (Fsp3) is 0.200. The molecule has 4 rings (SSSR count). The number of benzene rings is 2. The van der Waals surface area contributed by atoms with E-state index in [0.717, 1.165) is 0 Å². The molecule has 1 aliphatic heterocycles. The van der Waals surface area contributed by atoms with Gasteiger partial charge in [0, 0.05) is 0 Å². The van der Waals surface area contributed by atoms with E-state index in [1.165, 1.54) is 31.4 Å². The molecule has 0 saturated carbocycles. The first kappa shape index (κ1) is 22.0. The second-order valence-electron chi connectivity index (χ2n) is 7.16. The van der Waals surface area contributed by atoms with Gasteiger partial charge < -0.3 is 23.7 Å². The zero-order valence-electron chi connectivity index (χ0n) is 18.4. The summed E-state index contributed by atoms with van der Waals surface area (Å²) < 4.78 is 21.8. The highest BCUT2D eigenvalue weighted by Gasteiger charge is 2.46. The van der Waals surface area contributed by atoms with E-state index < -0.39 is 23.5 Å². The van der Waals surface area contributed by atoms with Gasteiger partial charge in [0.2, 0.25) is 5.78 Å². The Labute approximate surface area is 190 Å². The van der Waals surface area contributed by atoms with E-state index in [-0.39, 0.29) is 11.3 Å². The number of hydrogen-bond acceptors (Lipinski definition) is 7. The Morgan fingerprint density at radius 2 is 1.79 bits per heavy atom. The number of nitrogens with zero attached hydrogens (tertiary/aromatic N) is 1. The van der Waals surface area contributed by atoms with Crippen LogP contribution >= 0.6 is 0 Å². The van der Waals surface area contributed by atoms with Crippen LogP contribution in [0.5, 0.6) is 17.2 Å². The molecule has 1 N–H and O–H groups in total. The Kier molecular flexibility index (Phi) is 6.08. The van der Waals surface area contributed by atoms with Crippen LogP contribution in [-0.2, 0) is 4.79 Å². The largest absolute Gasteiger partial charge is 0.503 e. The molecule has 33 heavy (non-hydrogen) atoms. The van der Waals surface area contributed by atoms with Crippen LogP contribution in [0.2, 0.25) is 0 Å². The first-order valence-electron chi connectivity index (χ1n) is 10.3. The van der Waals surface area contributed by atoms with Crippen LogP contribution in [0.4, 0.5) is 5.69 Å². The summed E-state index contributed by atoms with van der Waals surface area (Å²) in [5, 5.41) is 10.9. The van der Waals surface area contributed by atoms with Gasteiger partial charge >= 0.3 is 0 Å². The molecule has 3 aromatic rings. The minimum absolute atomic E-state index is 0.00905. The van der Waals surface area contributed by atoms with Gasteiger partial charge in [-0.1, -0.05) is 18.2 Å². The predicted molar refractivity (Wildman–Crippen MR) is 120 cm³/mol.